The highest BCUT2D eigenvalue weighted by atomic mass is 15.4. The van der Waals surface area contributed by atoms with E-state index in [2.05, 4.69) is 20.7 Å². The third-order valence-corrected chi connectivity index (χ3v) is 3.06. The van der Waals surface area contributed by atoms with Crippen molar-refractivity contribution in [3.63, 3.8) is 0 Å². The molecule has 1 N–H and O–H groups in total. The van der Waals surface area contributed by atoms with Crippen LogP contribution in [0.3, 0.4) is 0 Å². The number of hydrogen-bond donors (Lipinski definition) is 1. The number of aromatic nitrogens is 5. The molecule has 2 aromatic heterocycles. The second-order valence-corrected chi connectivity index (χ2v) is 4.69. The molecular formula is C14H16N6. The van der Waals surface area contributed by atoms with E-state index in [0.29, 0.717) is 0 Å². The largest absolute Gasteiger partial charge is 0.374 e. The van der Waals surface area contributed by atoms with Gasteiger partial charge in [0.2, 0.25) is 0 Å². The Balaban J connectivity index is 1.76. The number of nitrogens with zero attached hydrogens (tertiary/aromatic N) is 5. The van der Waals surface area contributed by atoms with Gasteiger partial charge in [0.1, 0.15) is 5.69 Å². The van der Waals surface area contributed by atoms with Crippen molar-refractivity contribution in [1.82, 2.24) is 24.8 Å². The van der Waals surface area contributed by atoms with Gasteiger partial charge in [-0.05, 0) is 19.1 Å². The van der Waals surface area contributed by atoms with Gasteiger partial charge in [-0.15, -0.1) is 5.10 Å². The molecule has 0 aliphatic carbocycles. The quantitative estimate of drug-likeness (QED) is 0.787. The minimum absolute atomic E-state index is 0.0664. The van der Waals surface area contributed by atoms with Crippen LogP contribution in [0.4, 0.5) is 5.69 Å². The molecule has 0 amide bonds. The molecule has 1 aromatic carbocycles. The number of nitrogens with one attached hydrogen (secondary N) is 1. The number of anilines is 1. The van der Waals surface area contributed by atoms with Gasteiger partial charge >= 0.3 is 0 Å². The molecule has 2 heterocycles. The summed E-state index contributed by atoms with van der Waals surface area (Å²) < 4.78 is 3.53. The van der Waals surface area contributed by atoms with Crippen LogP contribution >= 0.6 is 0 Å². The number of benzene rings is 1. The topological polar surface area (TPSA) is 60.6 Å². The van der Waals surface area contributed by atoms with Crippen molar-refractivity contribution >= 4 is 5.69 Å². The highest BCUT2D eigenvalue weighted by molar-refractivity contribution is 5.40. The molecule has 0 aliphatic rings. The number of aryl methyl sites for hydroxylation is 1. The van der Waals surface area contributed by atoms with Crippen LogP contribution in [-0.2, 0) is 7.05 Å². The second-order valence-electron chi connectivity index (χ2n) is 4.69. The van der Waals surface area contributed by atoms with Gasteiger partial charge in [0.05, 0.1) is 29.8 Å². The lowest BCUT2D eigenvalue weighted by molar-refractivity contribution is 0.766. The normalized spacial score (nSPS) is 12.3. The summed E-state index contributed by atoms with van der Waals surface area (Å²) in [6.45, 7) is 2.05. The Morgan fingerprint density at radius 3 is 2.65 bits per heavy atom. The summed E-state index contributed by atoms with van der Waals surface area (Å²) in [4.78, 5) is 0. The molecule has 6 heteroatoms. The molecule has 1 atom stereocenters. The Morgan fingerprint density at radius 2 is 1.95 bits per heavy atom. The fraction of sp³-hybridized carbons (Fsp3) is 0.214. The van der Waals surface area contributed by atoms with E-state index in [9.17, 15) is 0 Å². The molecule has 0 aliphatic heterocycles. The number of hydrogen-bond acceptors (Lipinski definition) is 4. The van der Waals surface area contributed by atoms with Gasteiger partial charge in [-0.1, -0.05) is 23.4 Å². The summed E-state index contributed by atoms with van der Waals surface area (Å²) in [7, 11) is 1.89. The van der Waals surface area contributed by atoms with E-state index in [0.717, 1.165) is 17.1 Å². The molecule has 3 rings (SSSR count). The van der Waals surface area contributed by atoms with Gasteiger partial charge in [0, 0.05) is 13.2 Å². The van der Waals surface area contributed by atoms with E-state index in [1.807, 2.05) is 56.7 Å². The van der Waals surface area contributed by atoms with E-state index < -0.39 is 0 Å². The van der Waals surface area contributed by atoms with Gasteiger partial charge in [0.25, 0.3) is 0 Å². The molecule has 6 nitrogen and oxygen atoms in total. The summed E-state index contributed by atoms with van der Waals surface area (Å²) >= 11 is 0. The van der Waals surface area contributed by atoms with Crippen molar-refractivity contribution in [1.29, 1.82) is 0 Å². The molecule has 0 fully saturated rings. The van der Waals surface area contributed by atoms with Crippen LogP contribution in [0.1, 0.15) is 18.7 Å². The molecule has 0 bridgehead atoms. The van der Waals surface area contributed by atoms with Crippen molar-refractivity contribution in [3.05, 3.63) is 54.6 Å². The fourth-order valence-corrected chi connectivity index (χ4v) is 2.00. The van der Waals surface area contributed by atoms with Gasteiger partial charge in [0.15, 0.2) is 0 Å². The Hall–Kier alpha value is -2.63. The molecule has 3 aromatic rings. The van der Waals surface area contributed by atoms with Crippen molar-refractivity contribution in [2.45, 2.75) is 13.0 Å². The zero-order valence-corrected chi connectivity index (χ0v) is 11.4. The standard InChI is InChI=1S/C14H16N6/c1-11(16-12-8-15-19(2)9-12)14-10-20(18-17-14)13-6-4-3-5-7-13/h3-11,16H,1-2H3. The smallest absolute Gasteiger partial charge is 0.105 e. The average Bonchev–Trinajstić information content (AvgIpc) is 3.09. The molecular weight excluding hydrogens is 252 g/mol. The molecule has 20 heavy (non-hydrogen) atoms. The van der Waals surface area contributed by atoms with Crippen LogP contribution in [0, 0.1) is 0 Å². The van der Waals surface area contributed by atoms with Crippen molar-refractivity contribution in [2.24, 2.45) is 7.05 Å². The van der Waals surface area contributed by atoms with Gasteiger partial charge in [-0.25, -0.2) is 4.68 Å². The van der Waals surface area contributed by atoms with Gasteiger partial charge in [-0.3, -0.25) is 4.68 Å². The minimum atomic E-state index is 0.0664. The van der Waals surface area contributed by atoms with E-state index in [-0.39, 0.29) is 6.04 Å². The maximum Gasteiger partial charge on any atom is 0.105 e. The average molecular weight is 268 g/mol. The van der Waals surface area contributed by atoms with E-state index in [1.54, 1.807) is 15.6 Å². The Labute approximate surface area is 117 Å². The highest BCUT2D eigenvalue weighted by Crippen LogP contribution is 2.17. The molecule has 102 valence electrons. The summed E-state index contributed by atoms with van der Waals surface area (Å²) in [5.41, 5.74) is 2.85. The summed E-state index contributed by atoms with van der Waals surface area (Å²) in [6.07, 6.45) is 5.65. The summed E-state index contributed by atoms with van der Waals surface area (Å²) in [6, 6.07) is 10.0. The lowest BCUT2D eigenvalue weighted by Crippen LogP contribution is -2.06. The van der Waals surface area contributed by atoms with Gasteiger partial charge in [-0.2, -0.15) is 5.10 Å². The maximum absolute atomic E-state index is 4.22. The van der Waals surface area contributed by atoms with Gasteiger partial charge < -0.3 is 5.32 Å². The zero-order valence-electron chi connectivity index (χ0n) is 11.4. The predicted octanol–water partition coefficient (Wildman–Crippen LogP) is 2.17. The van der Waals surface area contributed by atoms with E-state index in [1.165, 1.54) is 0 Å². The molecule has 0 saturated carbocycles. The Bertz CT molecular complexity index is 685. The van der Waals surface area contributed by atoms with Crippen LogP contribution in [0.5, 0.6) is 0 Å². The van der Waals surface area contributed by atoms with E-state index >= 15 is 0 Å². The molecule has 0 saturated heterocycles. The number of para-hydroxylation sites is 1. The molecule has 1 unspecified atom stereocenters. The summed E-state index contributed by atoms with van der Waals surface area (Å²) in [5.74, 6) is 0. The van der Waals surface area contributed by atoms with Crippen molar-refractivity contribution < 1.29 is 0 Å². The zero-order chi connectivity index (χ0) is 13.9. The monoisotopic (exact) mass is 268 g/mol. The first kappa shape index (κ1) is 12.4. The third kappa shape index (κ3) is 2.54. The minimum Gasteiger partial charge on any atom is -0.374 e. The lowest BCUT2D eigenvalue weighted by atomic mass is 10.2. The maximum atomic E-state index is 4.22. The first-order valence-corrected chi connectivity index (χ1v) is 6.45. The third-order valence-electron chi connectivity index (χ3n) is 3.06. The first-order chi connectivity index (χ1) is 9.72. The Morgan fingerprint density at radius 1 is 1.15 bits per heavy atom. The second kappa shape index (κ2) is 5.16. The Kier molecular flexibility index (Phi) is 3.20. The van der Waals surface area contributed by atoms with Crippen LogP contribution in [0.2, 0.25) is 0 Å². The highest BCUT2D eigenvalue weighted by Gasteiger charge is 2.11. The molecule has 0 spiro atoms. The summed E-state index contributed by atoms with van der Waals surface area (Å²) in [5, 5.41) is 15.9. The van der Waals surface area contributed by atoms with E-state index in [4.69, 9.17) is 0 Å². The van der Waals surface area contributed by atoms with Crippen LogP contribution in [0.15, 0.2) is 48.9 Å². The van der Waals surface area contributed by atoms with Crippen LogP contribution < -0.4 is 5.32 Å². The predicted molar refractivity (Wildman–Crippen MR) is 76.6 cm³/mol. The van der Waals surface area contributed by atoms with Crippen LogP contribution in [-0.4, -0.2) is 24.8 Å². The van der Waals surface area contributed by atoms with Crippen LogP contribution in [0.25, 0.3) is 5.69 Å². The lowest BCUT2D eigenvalue weighted by Gasteiger charge is -2.09. The fourth-order valence-electron chi connectivity index (χ4n) is 2.00. The first-order valence-electron chi connectivity index (χ1n) is 6.45. The van der Waals surface area contributed by atoms with Crippen molar-refractivity contribution in [3.8, 4) is 5.69 Å². The number of rotatable bonds is 4. The van der Waals surface area contributed by atoms with Crippen molar-refractivity contribution in [2.75, 3.05) is 5.32 Å². The molecule has 0 radical (unpaired) electrons. The SMILES string of the molecule is CC(Nc1cnn(C)c1)c1cn(-c2ccccc2)nn1.